The summed E-state index contributed by atoms with van der Waals surface area (Å²) in [5.74, 6) is -1.79. The number of nitrogens with one attached hydrogen (secondary N) is 2. The van der Waals surface area contributed by atoms with Gasteiger partial charge in [-0.1, -0.05) is 6.07 Å². The third kappa shape index (κ3) is 3.71. The normalized spacial score (nSPS) is 10.2. The molecule has 0 aliphatic heterocycles. The lowest BCUT2D eigenvalue weighted by Gasteiger charge is -2.11. The molecule has 0 heterocycles. The van der Waals surface area contributed by atoms with E-state index in [4.69, 9.17) is 12.2 Å². The van der Waals surface area contributed by atoms with Crippen LogP contribution in [0.15, 0.2) is 36.4 Å². The minimum Gasteiger partial charge on any atom is -0.332 e. The number of aryl methyl sites for hydroxylation is 1. The highest BCUT2D eigenvalue weighted by Crippen LogP contribution is 2.16. The lowest BCUT2D eigenvalue weighted by atomic mass is 10.2. The molecule has 0 atom stereocenters. The van der Waals surface area contributed by atoms with Crippen LogP contribution in [-0.4, -0.2) is 5.11 Å². The Morgan fingerprint density at radius 2 is 1.50 bits per heavy atom. The van der Waals surface area contributed by atoms with Crippen LogP contribution in [0.5, 0.6) is 0 Å². The average molecular weight is 296 g/mol. The van der Waals surface area contributed by atoms with E-state index in [1.807, 2.05) is 0 Å². The zero-order valence-corrected chi connectivity index (χ0v) is 11.3. The quantitative estimate of drug-likeness (QED) is 0.811. The molecule has 20 heavy (non-hydrogen) atoms. The highest BCUT2D eigenvalue weighted by atomic mass is 32.1. The van der Waals surface area contributed by atoms with Gasteiger partial charge >= 0.3 is 0 Å². The molecule has 2 rings (SSSR count). The molecule has 0 radical (unpaired) electrons. The van der Waals surface area contributed by atoms with Crippen molar-refractivity contribution in [1.29, 1.82) is 0 Å². The Hall–Kier alpha value is -2.08. The second kappa shape index (κ2) is 5.92. The van der Waals surface area contributed by atoms with Gasteiger partial charge in [-0.05, 0) is 49.0 Å². The second-order valence-corrected chi connectivity index (χ2v) is 4.61. The molecule has 0 amide bonds. The van der Waals surface area contributed by atoms with Gasteiger partial charge in [-0.2, -0.15) is 0 Å². The predicted molar refractivity (Wildman–Crippen MR) is 77.3 cm³/mol. The molecular formula is C14H11F3N2S. The van der Waals surface area contributed by atoms with E-state index >= 15 is 0 Å². The van der Waals surface area contributed by atoms with E-state index in [1.54, 1.807) is 19.1 Å². The lowest BCUT2D eigenvalue weighted by Crippen LogP contribution is -2.19. The van der Waals surface area contributed by atoms with Gasteiger partial charge in [0.2, 0.25) is 0 Å². The first-order valence-electron chi connectivity index (χ1n) is 5.74. The molecule has 2 nitrogen and oxygen atoms in total. The van der Waals surface area contributed by atoms with Crippen LogP contribution in [0.1, 0.15) is 5.56 Å². The SMILES string of the molecule is Cc1ccc(NC(=S)Nc2cc(F)cc(F)c2)cc1F. The summed E-state index contributed by atoms with van der Waals surface area (Å²) >= 11 is 4.99. The summed E-state index contributed by atoms with van der Waals surface area (Å²) in [6, 6.07) is 7.51. The van der Waals surface area contributed by atoms with E-state index in [-0.39, 0.29) is 16.6 Å². The van der Waals surface area contributed by atoms with Crippen molar-refractivity contribution in [3.63, 3.8) is 0 Å². The van der Waals surface area contributed by atoms with Gasteiger partial charge in [-0.15, -0.1) is 0 Å². The molecule has 104 valence electrons. The summed E-state index contributed by atoms with van der Waals surface area (Å²) < 4.78 is 39.4. The Morgan fingerprint density at radius 1 is 0.900 bits per heavy atom. The highest BCUT2D eigenvalue weighted by Gasteiger charge is 2.04. The van der Waals surface area contributed by atoms with E-state index in [2.05, 4.69) is 10.6 Å². The number of hydrogen-bond acceptors (Lipinski definition) is 1. The Balaban J connectivity index is 2.06. The largest absolute Gasteiger partial charge is 0.332 e. The van der Waals surface area contributed by atoms with Gasteiger partial charge in [0.25, 0.3) is 0 Å². The third-order valence-electron chi connectivity index (χ3n) is 2.55. The number of thiocarbonyl (C=S) groups is 1. The smallest absolute Gasteiger partial charge is 0.175 e. The van der Waals surface area contributed by atoms with Gasteiger partial charge in [0.15, 0.2) is 5.11 Å². The maximum atomic E-state index is 13.4. The molecule has 2 aromatic carbocycles. The number of benzene rings is 2. The minimum atomic E-state index is -0.711. The highest BCUT2D eigenvalue weighted by molar-refractivity contribution is 7.80. The van der Waals surface area contributed by atoms with Crippen LogP contribution < -0.4 is 10.6 Å². The van der Waals surface area contributed by atoms with Crippen molar-refractivity contribution in [2.24, 2.45) is 0 Å². The average Bonchev–Trinajstić information content (AvgIpc) is 2.32. The molecule has 0 spiro atoms. The van der Waals surface area contributed by atoms with Crippen molar-refractivity contribution in [3.8, 4) is 0 Å². The topological polar surface area (TPSA) is 24.1 Å². The third-order valence-corrected chi connectivity index (χ3v) is 2.75. The number of rotatable bonds is 2. The van der Waals surface area contributed by atoms with Crippen LogP contribution in [0.4, 0.5) is 24.5 Å². The standard InChI is InChI=1S/C14H11F3N2S/c1-8-2-3-11(7-13(8)17)18-14(20)19-12-5-9(15)4-10(16)6-12/h2-7H,1H3,(H2,18,19,20). The molecular weight excluding hydrogens is 285 g/mol. The molecule has 0 aromatic heterocycles. The molecule has 0 aliphatic carbocycles. The predicted octanol–water partition coefficient (Wildman–Crippen LogP) is 4.22. The van der Waals surface area contributed by atoms with E-state index in [1.165, 1.54) is 6.07 Å². The number of anilines is 2. The molecule has 0 saturated carbocycles. The van der Waals surface area contributed by atoms with Crippen LogP contribution in [0, 0.1) is 24.4 Å². The van der Waals surface area contributed by atoms with Crippen molar-refractivity contribution in [2.45, 2.75) is 6.92 Å². The molecule has 0 aliphatic rings. The summed E-state index contributed by atoms with van der Waals surface area (Å²) in [4.78, 5) is 0. The van der Waals surface area contributed by atoms with Gasteiger partial charge in [0.1, 0.15) is 17.5 Å². The molecule has 2 aromatic rings. The Kier molecular flexibility index (Phi) is 4.24. The molecule has 0 unspecified atom stereocenters. The Labute approximate surface area is 119 Å². The van der Waals surface area contributed by atoms with E-state index in [9.17, 15) is 13.2 Å². The van der Waals surface area contributed by atoms with Crippen LogP contribution in [0.2, 0.25) is 0 Å². The molecule has 6 heteroatoms. The zero-order valence-electron chi connectivity index (χ0n) is 10.5. The summed E-state index contributed by atoms with van der Waals surface area (Å²) in [5.41, 5.74) is 1.14. The van der Waals surface area contributed by atoms with E-state index in [0.29, 0.717) is 11.3 Å². The molecule has 0 bridgehead atoms. The number of hydrogen-bond donors (Lipinski definition) is 2. The van der Waals surface area contributed by atoms with Crippen molar-refractivity contribution in [1.82, 2.24) is 0 Å². The van der Waals surface area contributed by atoms with Gasteiger partial charge in [-0.3, -0.25) is 0 Å². The van der Waals surface area contributed by atoms with Crippen LogP contribution in [-0.2, 0) is 0 Å². The summed E-state index contributed by atoms with van der Waals surface area (Å²) in [6.45, 7) is 1.64. The molecule has 2 N–H and O–H groups in total. The van der Waals surface area contributed by atoms with Gasteiger partial charge in [0, 0.05) is 17.4 Å². The fourth-order valence-corrected chi connectivity index (χ4v) is 1.83. The van der Waals surface area contributed by atoms with Crippen molar-refractivity contribution < 1.29 is 13.2 Å². The Bertz CT molecular complexity index is 639. The minimum absolute atomic E-state index is 0.109. The maximum Gasteiger partial charge on any atom is 0.175 e. The van der Waals surface area contributed by atoms with Crippen molar-refractivity contribution >= 4 is 28.7 Å². The van der Waals surface area contributed by atoms with Crippen molar-refractivity contribution in [2.75, 3.05) is 10.6 Å². The van der Waals surface area contributed by atoms with Crippen LogP contribution in [0.25, 0.3) is 0 Å². The molecule has 0 fully saturated rings. The fourth-order valence-electron chi connectivity index (χ4n) is 1.59. The first kappa shape index (κ1) is 14.3. The van der Waals surface area contributed by atoms with E-state index in [0.717, 1.165) is 18.2 Å². The van der Waals surface area contributed by atoms with Gasteiger partial charge < -0.3 is 10.6 Å². The maximum absolute atomic E-state index is 13.4. The fraction of sp³-hybridized carbons (Fsp3) is 0.0714. The lowest BCUT2D eigenvalue weighted by molar-refractivity contribution is 0.584. The second-order valence-electron chi connectivity index (χ2n) is 4.20. The van der Waals surface area contributed by atoms with E-state index < -0.39 is 11.6 Å². The summed E-state index contributed by atoms with van der Waals surface area (Å²) in [6.07, 6.45) is 0. The first-order chi connectivity index (χ1) is 9.44. The Morgan fingerprint density at radius 3 is 2.10 bits per heavy atom. The zero-order chi connectivity index (χ0) is 14.7. The summed E-state index contributed by atoms with van der Waals surface area (Å²) in [7, 11) is 0. The van der Waals surface area contributed by atoms with Crippen molar-refractivity contribution in [3.05, 3.63) is 59.4 Å². The molecule has 0 saturated heterocycles. The van der Waals surface area contributed by atoms with Crippen LogP contribution in [0.3, 0.4) is 0 Å². The monoisotopic (exact) mass is 296 g/mol. The summed E-state index contributed by atoms with van der Waals surface area (Å²) in [5, 5.41) is 5.47. The van der Waals surface area contributed by atoms with Gasteiger partial charge in [0.05, 0.1) is 0 Å². The van der Waals surface area contributed by atoms with Crippen LogP contribution >= 0.6 is 12.2 Å². The first-order valence-corrected chi connectivity index (χ1v) is 6.15. The van der Waals surface area contributed by atoms with Gasteiger partial charge in [-0.25, -0.2) is 13.2 Å². The number of halogens is 3.